The van der Waals surface area contributed by atoms with Crippen molar-refractivity contribution in [3.63, 3.8) is 0 Å². The first-order valence-electron chi connectivity index (χ1n) is 11.8. The van der Waals surface area contributed by atoms with E-state index in [1.54, 1.807) is 48.5 Å². The second-order valence-corrected chi connectivity index (χ2v) is 8.85. The van der Waals surface area contributed by atoms with Gasteiger partial charge in [0.1, 0.15) is 24.4 Å². The molecule has 2 unspecified atom stereocenters. The maximum Gasteiger partial charge on any atom is 0.326 e. The fourth-order valence-electron chi connectivity index (χ4n) is 3.73. The molecule has 3 N–H and O–H groups in total. The summed E-state index contributed by atoms with van der Waals surface area (Å²) in [6.07, 6.45) is 1.88. The summed E-state index contributed by atoms with van der Waals surface area (Å²) in [7, 11) is 0. The Morgan fingerprint density at radius 1 is 0.865 bits per heavy atom. The summed E-state index contributed by atoms with van der Waals surface area (Å²) in [6, 6.07) is 21.0. The van der Waals surface area contributed by atoms with Crippen molar-refractivity contribution in [2.45, 2.75) is 31.3 Å². The number of benzene rings is 3. The van der Waals surface area contributed by atoms with E-state index in [1.807, 2.05) is 36.4 Å². The molecule has 0 aliphatic rings. The Balaban J connectivity index is 1.78. The van der Waals surface area contributed by atoms with Crippen molar-refractivity contribution in [3.8, 4) is 5.75 Å². The topological polar surface area (TPSA) is 105 Å². The van der Waals surface area contributed by atoms with Crippen molar-refractivity contribution in [2.75, 3.05) is 6.61 Å². The number of carbonyl (C=O) groups is 3. The van der Waals surface area contributed by atoms with Crippen LogP contribution in [-0.4, -0.2) is 41.6 Å². The molecule has 192 valence electrons. The van der Waals surface area contributed by atoms with Crippen LogP contribution in [0.25, 0.3) is 0 Å². The maximum atomic E-state index is 13.3. The lowest BCUT2D eigenvalue weighted by molar-refractivity contribution is -0.142. The number of hydrogen-bond donors (Lipinski definition) is 3. The molecule has 0 heterocycles. The Bertz CT molecular complexity index is 1220. The minimum atomic E-state index is -1.17. The summed E-state index contributed by atoms with van der Waals surface area (Å²) >= 11 is 6.33. The van der Waals surface area contributed by atoms with Crippen molar-refractivity contribution in [1.29, 1.82) is 0 Å². The molecule has 0 saturated carbocycles. The highest BCUT2D eigenvalue weighted by Crippen LogP contribution is 2.26. The third-order valence-corrected chi connectivity index (χ3v) is 5.84. The van der Waals surface area contributed by atoms with Crippen LogP contribution in [-0.2, 0) is 33.6 Å². The van der Waals surface area contributed by atoms with Gasteiger partial charge in [0.05, 0.1) is 11.4 Å². The molecular formula is C29H29ClN2O5. The van der Waals surface area contributed by atoms with E-state index in [2.05, 4.69) is 17.2 Å². The molecule has 0 aliphatic heterocycles. The summed E-state index contributed by atoms with van der Waals surface area (Å²) in [4.78, 5) is 38.0. The van der Waals surface area contributed by atoms with Crippen LogP contribution < -0.4 is 15.4 Å². The number of nitrogens with one attached hydrogen (secondary N) is 2. The molecule has 0 saturated heterocycles. The normalized spacial score (nSPS) is 12.1. The van der Waals surface area contributed by atoms with Gasteiger partial charge in [-0.2, -0.15) is 0 Å². The molecule has 3 aromatic carbocycles. The van der Waals surface area contributed by atoms with E-state index in [-0.39, 0.29) is 31.8 Å². The lowest BCUT2D eigenvalue weighted by atomic mass is 10.0. The van der Waals surface area contributed by atoms with E-state index >= 15 is 0 Å². The fraction of sp³-hybridized carbons (Fsp3) is 0.207. The van der Waals surface area contributed by atoms with Crippen LogP contribution in [0.3, 0.4) is 0 Å². The van der Waals surface area contributed by atoms with Crippen LogP contribution in [0.2, 0.25) is 5.02 Å². The van der Waals surface area contributed by atoms with E-state index in [9.17, 15) is 19.5 Å². The lowest BCUT2D eigenvalue weighted by Gasteiger charge is -2.22. The van der Waals surface area contributed by atoms with E-state index in [4.69, 9.17) is 16.3 Å². The van der Waals surface area contributed by atoms with Gasteiger partial charge in [0.25, 0.3) is 0 Å². The summed E-state index contributed by atoms with van der Waals surface area (Å²) < 4.78 is 5.50. The van der Waals surface area contributed by atoms with Crippen LogP contribution in [0.5, 0.6) is 5.75 Å². The molecule has 0 bridgehead atoms. The molecule has 7 nitrogen and oxygen atoms in total. The van der Waals surface area contributed by atoms with Gasteiger partial charge in [0, 0.05) is 12.8 Å². The largest absolute Gasteiger partial charge is 0.488 e. The first kappa shape index (κ1) is 27.5. The monoisotopic (exact) mass is 520 g/mol. The molecule has 0 fully saturated rings. The molecule has 0 radical (unpaired) electrons. The lowest BCUT2D eigenvalue weighted by Crippen LogP contribution is -2.53. The van der Waals surface area contributed by atoms with Crippen LogP contribution in [0.4, 0.5) is 0 Å². The van der Waals surface area contributed by atoms with Crippen molar-refractivity contribution >= 4 is 29.4 Å². The van der Waals surface area contributed by atoms with Crippen LogP contribution in [0.1, 0.15) is 16.7 Å². The second kappa shape index (κ2) is 13.8. The zero-order valence-electron chi connectivity index (χ0n) is 20.2. The number of carboxylic acid groups (broad SMARTS) is 1. The molecule has 8 heteroatoms. The Morgan fingerprint density at radius 2 is 1.49 bits per heavy atom. The SMILES string of the molecule is C=CCOc1ccc(CC(NC(=O)Cc2ccccc2)C(=O)NC(Cc2ccccc2)C(=O)O)cc1Cl. The minimum Gasteiger partial charge on any atom is -0.488 e. The number of carbonyl (C=O) groups excluding carboxylic acids is 2. The highest BCUT2D eigenvalue weighted by Gasteiger charge is 2.27. The van der Waals surface area contributed by atoms with Crippen molar-refractivity contribution in [2.24, 2.45) is 0 Å². The first-order chi connectivity index (χ1) is 17.9. The molecule has 0 aromatic heterocycles. The Hall–Kier alpha value is -4.10. The zero-order chi connectivity index (χ0) is 26.6. The molecular weight excluding hydrogens is 492 g/mol. The first-order valence-corrected chi connectivity index (χ1v) is 12.2. The van der Waals surface area contributed by atoms with Gasteiger partial charge in [0.2, 0.25) is 11.8 Å². The number of amides is 2. The third kappa shape index (κ3) is 8.81. The van der Waals surface area contributed by atoms with Gasteiger partial charge in [-0.3, -0.25) is 9.59 Å². The maximum absolute atomic E-state index is 13.3. The van der Waals surface area contributed by atoms with Gasteiger partial charge < -0.3 is 20.5 Å². The number of hydrogen-bond acceptors (Lipinski definition) is 4. The van der Waals surface area contributed by atoms with Crippen molar-refractivity contribution in [1.82, 2.24) is 10.6 Å². The van der Waals surface area contributed by atoms with E-state index in [0.29, 0.717) is 16.3 Å². The van der Waals surface area contributed by atoms with Crippen LogP contribution in [0.15, 0.2) is 91.5 Å². The zero-order valence-corrected chi connectivity index (χ0v) is 21.0. The number of carboxylic acids is 1. The van der Waals surface area contributed by atoms with Gasteiger partial charge in [-0.05, 0) is 28.8 Å². The number of halogens is 1. The molecule has 37 heavy (non-hydrogen) atoms. The number of aliphatic carboxylic acids is 1. The van der Waals surface area contributed by atoms with Gasteiger partial charge in [0.15, 0.2) is 0 Å². The van der Waals surface area contributed by atoms with Gasteiger partial charge in [-0.25, -0.2) is 4.79 Å². The smallest absolute Gasteiger partial charge is 0.326 e. The molecule has 2 amide bonds. The molecule has 0 spiro atoms. The van der Waals surface area contributed by atoms with Gasteiger partial charge in [-0.15, -0.1) is 0 Å². The minimum absolute atomic E-state index is 0.0755. The second-order valence-electron chi connectivity index (χ2n) is 8.44. The molecule has 3 rings (SSSR count). The summed E-state index contributed by atoms with van der Waals surface area (Å²) in [5, 5.41) is 15.4. The van der Waals surface area contributed by atoms with E-state index < -0.39 is 24.0 Å². The standard InChI is InChI=1S/C29H29ClN2O5/c1-2-15-37-26-14-13-22(16-23(26)30)18-24(31-27(33)19-21-11-7-4-8-12-21)28(34)32-25(29(35)36)17-20-9-5-3-6-10-20/h2-14,16,24-25H,1,15,17-19H2,(H,31,33)(H,32,34)(H,35,36). The number of ether oxygens (including phenoxy) is 1. The summed E-state index contributed by atoms with van der Waals surface area (Å²) in [5.41, 5.74) is 2.23. The van der Waals surface area contributed by atoms with E-state index in [0.717, 1.165) is 11.1 Å². The molecule has 0 aliphatic carbocycles. The molecule has 3 aromatic rings. The quantitative estimate of drug-likeness (QED) is 0.296. The average molecular weight is 521 g/mol. The van der Waals surface area contributed by atoms with Crippen LogP contribution >= 0.6 is 11.6 Å². The Kier molecular flexibility index (Phi) is 10.3. The average Bonchev–Trinajstić information content (AvgIpc) is 2.88. The molecule has 2 atom stereocenters. The van der Waals surface area contributed by atoms with Crippen molar-refractivity contribution < 1.29 is 24.2 Å². The van der Waals surface area contributed by atoms with Crippen molar-refractivity contribution in [3.05, 3.63) is 113 Å². The number of rotatable bonds is 13. The van der Waals surface area contributed by atoms with Crippen LogP contribution in [0, 0.1) is 0 Å². The summed E-state index contributed by atoms with van der Waals surface area (Å²) in [5.74, 6) is -1.67. The Labute approximate surface area is 221 Å². The van der Waals surface area contributed by atoms with Gasteiger partial charge in [-0.1, -0.05) is 91.0 Å². The fourth-order valence-corrected chi connectivity index (χ4v) is 3.99. The highest BCUT2D eigenvalue weighted by molar-refractivity contribution is 6.32. The predicted molar refractivity (Wildman–Crippen MR) is 143 cm³/mol. The Morgan fingerprint density at radius 3 is 2.08 bits per heavy atom. The highest BCUT2D eigenvalue weighted by atomic mass is 35.5. The van der Waals surface area contributed by atoms with Gasteiger partial charge >= 0.3 is 5.97 Å². The van der Waals surface area contributed by atoms with E-state index in [1.165, 1.54) is 0 Å². The third-order valence-electron chi connectivity index (χ3n) is 5.55. The predicted octanol–water partition coefficient (Wildman–Crippen LogP) is 3.99. The summed E-state index contributed by atoms with van der Waals surface area (Å²) in [6.45, 7) is 3.90.